The van der Waals surface area contributed by atoms with Crippen molar-refractivity contribution in [2.45, 2.75) is 27.7 Å². The fourth-order valence-corrected chi connectivity index (χ4v) is 0.518. The van der Waals surface area contributed by atoms with Gasteiger partial charge >= 0.3 is 0 Å². The van der Waals surface area contributed by atoms with E-state index in [-0.39, 0.29) is 17.2 Å². The number of amides is 1. The van der Waals surface area contributed by atoms with E-state index in [1.807, 2.05) is 27.7 Å². The molecule has 1 atom stereocenters. The van der Waals surface area contributed by atoms with Crippen molar-refractivity contribution in [1.82, 2.24) is 5.43 Å². The average Bonchev–Trinajstić information content (AvgIpc) is 1.83. The van der Waals surface area contributed by atoms with Crippen molar-refractivity contribution < 1.29 is 4.79 Å². The molecule has 0 saturated heterocycles. The molecule has 0 aromatic heterocycles. The molecule has 0 aliphatic rings. The van der Waals surface area contributed by atoms with Gasteiger partial charge in [0.15, 0.2) is 0 Å². The van der Waals surface area contributed by atoms with Gasteiger partial charge in [-0.25, -0.2) is 5.84 Å². The largest absolute Gasteiger partial charge is 0.294 e. The molecule has 3 N–H and O–H groups in total. The standard InChI is InChI=1S/C7H16N2O/c1-5(6(10)9-8)7(2,3)4/h5H,8H2,1-4H3,(H,9,10). The third-order valence-electron chi connectivity index (χ3n) is 1.83. The van der Waals surface area contributed by atoms with Crippen LogP contribution in [0.15, 0.2) is 0 Å². The smallest absolute Gasteiger partial charge is 0.237 e. The molecule has 0 aliphatic heterocycles. The lowest BCUT2D eigenvalue weighted by atomic mass is 9.82. The van der Waals surface area contributed by atoms with Gasteiger partial charge in [-0.05, 0) is 5.41 Å². The Morgan fingerprint density at radius 1 is 1.50 bits per heavy atom. The Kier molecular flexibility index (Phi) is 2.84. The maximum Gasteiger partial charge on any atom is 0.237 e. The molecule has 3 heteroatoms. The Morgan fingerprint density at radius 2 is 1.90 bits per heavy atom. The summed E-state index contributed by atoms with van der Waals surface area (Å²) >= 11 is 0. The van der Waals surface area contributed by atoms with E-state index in [4.69, 9.17) is 5.84 Å². The molecule has 1 unspecified atom stereocenters. The van der Waals surface area contributed by atoms with E-state index in [0.717, 1.165) is 0 Å². The quantitative estimate of drug-likeness (QED) is 0.322. The van der Waals surface area contributed by atoms with Crippen molar-refractivity contribution in [3.8, 4) is 0 Å². The highest BCUT2D eigenvalue weighted by atomic mass is 16.2. The molecule has 0 spiro atoms. The lowest BCUT2D eigenvalue weighted by Gasteiger charge is -2.24. The lowest BCUT2D eigenvalue weighted by Crippen LogP contribution is -2.39. The van der Waals surface area contributed by atoms with Crippen molar-refractivity contribution in [3.63, 3.8) is 0 Å². The molecule has 0 aromatic rings. The maximum absolute atomic E-state index is 10.9. The minimum Gasteiger partial charge on any atom is -0.294 e. The average molecular weight is 144 g/mol. The van der Waals surface area contributed by atoms with Gasteiger partial charge in [0.25, 0.3) is 0 Å². The molecule has 0 radical (unpaired) electrons. The molecular weight excluding hydrogens is 128 g/mol. The summed E-state index contributed by atoms with van der Waals surface area (Å²) in [6.45, 7) is 7.88. The third-order valence-corrected chi connectivity index (χ3v) is 1.83. The van der Waals surface area contributed by atoms with Crippen LogP contribution in [0.3, 0.4) is 0 Å². The minimum atomic E-state index is -0.104. The Morgan fingerprint density at radius 3 is 2.00 bits per heavy atom. The lowest BCUT2D eigenvalue weighted by molar-refractivity contribution is -0.127. The predicted molar refractivity (Wildman–Crippen MR) is 40.9 cm³/mol. The molecule has 0 aromatic carbocycles. The first-order valence-corrected chi connectivity index (χ1v) is 3.40. The van der Waals surface area contributed by atoms with Crippen molar-refractivity contribution in [2.75, 3.05) is 0 Å². The number of hydrogen-bond donors (Lipinski definition) is 2. The van der Waals surface area contributed by atoms with Crippen molar-refractivity contribution in [1.29, 1.82) is 0 Å². The second kappa shape index (κ2) is 3.01. The normalized spacial score (nSPS) is 14.5. The zero-order chi connectivity index (χ0) is 8.36. The number of rotatable bonds is 1. The Hall–Kier alpha value is -0.570. The Balaban J connectivity index is 4.08. The molecule has 10 heavy (non-hydrogen) atoms. The number of hydrazine groups is 1. The molecule has 0 saturated carbocycles. The monoisotopic (exact) mass is 144 g/mol. The van der Waals surface area contributed by atoms with E-state index in [1.165, 1.54) is 0 Å². The number of nitrogens with one attached hydrogen (secondary N) is 1. The van der Waals surface area contributed by atoms with Crippen molar-refractivity contribution in [2.24, 2.45) is 17.2 Å². The summed E-state index contributed by atoms with van der Waals surface area (Å²) in [5.41, 5.74) is 2.12. The van der Waals surface area contributed by atoms with Gasteiger partial charge in [0, 0.05) is 5.92 Å². The molecule has 0 heterocycles. The SMILES string of the molecule is CC(C(=O)NN)C(C)(C)C. The van der Waals surface area contributed by atoms with E-state index < -0.39 is 0 Å². The number of carbonyl (C=O) groups is 1. The number of carbonyl (C=O) groups excluding carboxylic acids is 1. The zero-order valence-corrected chi connectivity index (χ0v) is 7.06. The molecule has 0 bridgehead atoms. The second-order valence-corrected chi connectivity index (χ2v) is 3.60. The Labute approximate surface area is 62.0 Å². The van der Waals surface area contributed by atoms with Crippen LogP contribution in [0.5, 0.6) is 0 Å². The third kappa shape index (κ3) is 2.35. The van der Waals surface area contributed by atoms with E-state index in [2.05, 4.69) is 5.43 Å². The molecule has 60 valence electrons. The van der Waals surface area contributed by atoms with Crippen LogP contribution in [0.25, 0.3) is 0 Å². The molecule has 0 fully saturated rings. The second-order valence-electron chi connectivity index (χ2n) is 3.60. The Bertz CT molecular complexity index is 126. The molecule has 3 nitrogen and oxygen atoms in total. The van der Waals surface area contributed by atoms with E-state index in [9.17, 15) is 4.79 Å². The summed E-state index contributed by atoms with van der Waals surface area (Å²) in [6.07, 6.45) is 0. The van der Waals surface area contributed by atoms with Crippen LogP contribution in [0.2, 0.25) is 0 Å². The first-order chi connectivity index (χ1) is 4.39. The molecule has 0 rings (SSSR count). The molecular formula is C7H16N2O. The van der Waals surface area contributed by atoms with Crippen LogP contribution in [-0.2, 0) is 4.79 Å². The zero-order valence-electron chi connectivity index (χ0n) is 7.06. The van der Waals surface area contributed by atoms with Crippen LogP contribution < -0.4 is 11.3 Å². The summed E-state index contributed by atoms with van der Waals surface area (Å²) in [5, 5.41) is 0. The first-order valence-electron chi connectivity index (χ1n) is 3.40. The summed E-state index contributed by atoms with van der Waals surface area (Å²) in [6, 6.07) is 0. The van der Waals surface area contributed by atoms with Crippen LogP contribution in [0.4, 0.5) is 0 Å². The van der Waals surface area contributed by atoms with Gasteiger partial charge in [-0.3, -0.25) is 10.2 Å². The van der Waals surface area contributed by atoms with Gasteiger partial charge in [0.05, 0.1) is 0 Å². The predicted octanol–water partition coefficient (Wildman–Crippen LogP) is 0.658. The highest BCUT2D eigenvalue weighted by molar-refractivity contribution is 5.78. The summed E-state index contributed by atoms with van der Waals surface area (Å²) in [5.74, 6) is 4.82. The van der Waals surface area contributed by atoms with Gasteiger partial charge in [0.2, 0.25) is 5.91 Å². The maximum atomic E-state index is 10.9. The van der Waals surface area contributed by atoms with Gasteiger partial charge in [-0.15, -0.1) is 0 Å². The minimum absolute atomic E-state index is 0.0105. The van der Waals surface area contributed by atoms with E-state index in [0.29, 0.717) is 0 Å². The summed E-state index contributed by atoms with van der Waals surface area (Å²) in [7, 11) is 0. The molecule has 1 amide bonds. The molecule has 0 aliphatic carbocycles. The highest BCUT2D eigenvalue weighted by Crippen LogP contribution is 2.24. The topological polar surface area (TPSA) is 55.1 Å². The van der Waals surface area contributed by atoms with Crippen molar-refractivity contribution in [3.05, 3.63) is 0 Å². The summed E-state index contributed by atoms with van der Waals surface area (Å²) < 4.78 is 0. The fourth-order valence-electron chi connectivity index (χ4n) is 0.518. The van der Waals surface area contributed by atoms with Crippen LogP contribution in [0.1, 0.15) is 27.7 Å². The number of hydrogen-bond acceptors (Lipinski definition) is 2. The first kappa shape index (κ1) is 9.43. The highest BCUT2D eigenvalue weighted by Gasteiger charge is 2.25. The van der Waals surface area contributed by atoms with Crippen LogP contribution in [0, 0.1) is 11.3 Å². The van der Waals surface area contributed by atoms with Gasteiger partial charge in [-0.1, -0.05) is 27.7 Å². The van der Waals surface area contributed by atoms with Gasteiger partial charge < -0.3 is 0 Å². The van der Waals surface area contributed by atoms with Gasteiger partial charge in [0.1, 0.15) is 0 Å². The number of nitrogens with two attached hydrogens (primary N) is 1. The van der Waals surface area contributed by atoms with Crippen LogP contribution >= 0.6 is 0 Å². The van der Waals surface area contributed by atoms with E-state index >= 15 is 0 Å². The summed E-state index contributed by atoms with van der Waals surface area (Å²) in [4.78, 5) is 10.9. The fraction of sp³-hybridized carbons (Fsp3) is 0.857. The van der Waals surface area contributed by atoms with Crippen molar-refractivity contribution >= 4 is 5.91 Å². The van der Waals surface area contributed by atoms with Gasteiger partial charge in [-0.2, -0.15) is 0 Å². The van der Waals surface area contributed by atoms with E-state index in [1.54, 1.807) is 0 Å². The van der Waals surface area contributed by atoms with Crippen LogP contribution in [-0.4, -0.2) is 5.91 Å².